The molecule has 0 radical (unpaired) electrons. The summed E-state index contributed by atoms with van der Waals surface area (Å²) in [6.45, 7) is 6.71. The first-order valence-corrected chi connectivity index (χ1v) is 5.92. The Bertz CT molecular complexity index is 687. The summed E-state index contributed by atoms with van der Waals surface area (Å²) in [5.74, 6) is 0. The van der Waals surface area contributed by atoms with E-state index in [-0.39, 0.29) is 5.41 Å². The van der Waals surface area contributed by atoms with E-state index in [0.29, 0.717) is 0 Å². The number of fused-ring (bicyclic) bond motifs is 3. The van der Waals surface area contributed by atoms with Crippen LogP contribution in [0.2, 0.25) is 0 Å². The fraction of sp³-hybridized carbons (Fsp3) is 0.267. The maximum Gasteiger partial charge on any atom is 0.0495 e. The minimum atomic E-state index is 0.181. The zero-order valence-corrected chi connectivity index (χ0v) is 10.4. The van der Waals surface area contributed by atoms with Crippen LogP contribution >= 0.6 is 0 Å². The van der Waals surface area contributed by atoms with Crippen molar-refractivity contribution in [3.05, 3.63) is 42.2 Å². The lowest BCUT2D eigenvalue weighted by molar-refractivity contribution is 0.591. The molecule has 2 heterocycles. The average Bonchev–Trinajstić information content (AvgIpc) is 2.65. The van der Waals surface area contributed by atoms with Crippen molar-refractivity contribution in [3.8, 4) is 0 Å². The molecule has 0 aliphatic rings. The number of aromatic nitrogens is 2. The maximum absolute atomic E-state index is 4.21. The Hall–Kier alpha value is -1.83. The van der Waals surface area contributed by atoms with Crippen molar-refractivity contribution in [2.45, 2.75) is 26.2 Å². The molecule has 17 heavy (non-hydrogen) atoms. The molecule has 0 atom stereocenters. The van der Waals surface area contributed by atoms with Crippen LogP contribution in [0.4, 0.5) is 0 Å². The number of hydrogen-bond donors (Lipinski definition) is 1. The van der Waals surface area contributed by atoms with Crippen LogP contribution in [0.25, 0.3) is 21.8 Å². The molecule has 2 nitrogen and oxygen atoms in total. The van der Waals surface area contributed by atoms with Gasteiger partial charge in [0.2, 0.25) is 0 Å². The first-order valence-electron chi connectivity index (χ1n) is 5.92. The molecule has 2 aromatic heterocycles. The normalized spacial score (nSPS) is 12.4. The van der Waals surface area contributed by atoms with E-state index in [2.05, 4.69) is 48.9 Å². The van der Waals surface area contributed by atoms with Crippen molar-refractivity contribution in [1.29, 1.82) is 0 Å². The molecule has 0 spiro atoms. The molecule has 0 saturated carbocycles. The molecule has 0 aliphatic heterocycles. The van der Waals surface area contributed by atoms with E-state index in [4.69, 9.17) is 0 Å². The smallest absolute Gasteiger partial charge is 0.0495 e. The largest absolute Gasteiger partial charge is 0.354 e. The minimum Gasteiger partial charge on any atom is -0.354 e. The van der Waals surface area contributed by atoms with Gasteiger partial charge in [-0.2, -0.15) is 0 Å². The molecule has 0 aliphatic carbocycles. The molecule has 1 aromatic carbocycles. The van der Waals surface area contributed by atoms with Crippen LogP contribution in [0.5, 0.6) is 0 Å². The number of benzene rings is 1. The van der Waals surface area contributed by atoms with E-state index in [1.54, 1.807) is 0 Å². The molecule has 0 fully saturated rings. The lowest BCUT2D eigenvalue weighted by Crippen LogP contribution is -2.10. The Morgan fingerprint density at radius 2 is 1.76 bits per heavy atom. The summed E-state index contributed by atoms with van der Waals surface area (Å²) >= 11 is 0. The van der Waals surface area contributed by atoms with Gasteiger partial charge in [0.15, 0.2) is 0 Å². The molecule has 3 rings (SSSR count). The zero-order valence-electron chi connectivity index (χ0n) is 10.4. The standard InChI is InChI=1S/C15H16N2/c1-15(2,3)10-4-5-13-11(8-10)12-9-16-7-6-14(12)17-13/h4-9,17H,1-3H3. The van der Waals surface area contributed by atoms with Crippen molar-refractivity contribution >= 4 is 21.8 Å². The van der Waals surface area contributed by atoms with Crippen LogP contribution in [0.15, 0.2) is 36.7 Å². The van der Waals surface area contributed by atoms with Crippen LogP contribution in [-0.2, 0) is 5.41 Å². The second kappa shape index (κ2) is 3.33. The van der Waals surface area contributed by atoms with Crippen LogP contribution in [-0.4, -0.2) is 9.97 Å². The van der Waals surface area contributed by atoms with Gasteiger partial charge in [-0.3, -0.25) is 4.98 Å². The van der Waals surface area contributed by atoms with Gasteiger partial charge in [-0.1, -0.05) is 26.8 Å². The van der Waals surface area contributed by atoms with E-state index in [1.165, 1.54) is 21.9 Å². The Morgan fingerprint density at radius 1 is 1.00 bits per heavy atom. The molecular weight excluding hydrogens is 208 g/mol. The van der Waals surface area contributed by atoms with E-state index in [0.717, 1.165) is 5.52 Å². The van der Waals surface area contributed by atoms with Crippen LogP contribution < -0.4 is 0 Å². The molecule has 2 heteroatoms. The molecule has 3 aromatic rings. The number of nitrogens with zero attached hydrogens (tertiary/aromatic N) is 1. The Labute approximate surface area is 101 Å². The number of rotatable bonds is 0. The predicted molar refractivity (Wildman–Crippen MR) is 72.3 cm³/mol. The summed E-state index contributed by atoms with van der Waals surface area (Å²) in [7, 11) is 0. The molecule has 1 N–H and O–H groups in total. The molecule has 0 saturated heterocycles. The van der Waals surface area contributed by atoms with Gasteiger partial charge in [-0.05, 0) is 29.2 Å². The maximum atomic E-state index is 4.21. The van der Waals surface area contributed by atoms with Crippen LogP contribution in [0.3, 0.4) is 0 Å². The second-order valence-corrected chi connectivity index (χ2v) is 5.56. The average molecular weight is 224 g/mol. The molecule has 0 amide bonds. The Morgan fingerprint density at radius 3 is 2.53 bits per heavy atom. The Balaban J connectivity index is 2.38. The molecular formula is C15H16N2. The topological polar surface area (TPSA) is 28.7 Å². The van der Waals surface area contributed by atoms with E-state index in [1.807, 2.05) is 18.5 Å². The quantitative estimate of drug-likeness (QED) is 0.614. The van der Waals surface area contributed by atoms with Gasteiger partial charge in [-0.15, -0.1) is 0 Å². The van der Waals surface area contributed by atoms with Gasteiger partial charge in [0, 0.05) is 34.2 Å². The summed E-state index contributed by atoms with van der Waals surface area (Å²) in [5.41, 5.74) is 3.87. The monoisotopic (exact) mass is 224 g/mol. The summed E-state index contributed by atoms with van der Waals surface area (Å²) in [6.07, 6.45) is 3.75. The van der Waals surface area contributed by atoms with Crippen LogP contribution in [0, 0.1) is 0 Å². The number of aromatic amines is 1. The molecule has 0 bridgehead atoms. The first-order chi connectivity index (χ1) is 8.05. The summed E-state index contributed by atoms with van der Waals surface area (Å²) in [5, 5.41) is 2.47. The molecule has 0 unspecified atom stereocenters. The van der Waals surface area contributed by atoms with Crippen molar-refractivity contribution in [1.82, 2.24) is 9.97 Å². The summed E-state index contributed by atoms with van der Waals surface area (Å²) in [4.78, 5) is 7.62. The van der Waals surface area contributed by atoms with E-state index in [9.17, 15) is 0 Å². The van der Waals surface area contributed by atoms with Gasteiger partial charge in [0.1, 0.15) is 0 Å². The zero-order chi connectivity index (χ0) is 12.0. The highest BCUT2D eigenvalue weighted by Crippen LogP contribution is 2.30. The van der Waals surface area contributed by atoms with Crippen molar-refractivity contribution < 1.29 is 0 Å². The van der Waals surface area contributed by atoms with Crippen molar-refractivity contribution in [2.24, 2.45) is 0 Å². The van der Waals surface area contributed by atoms with Gasteiger partial charge in [-0.25, -0.2) is 0 Å². The molecule has 86 valence electrons. The predicted octanol–water partition coefficient (Wildman–Crippen LogP) is 4.01. The summed E-state index contributed by atoms with van der Waals surface area (Å²) in [6, 6.07) is 8.66. The number of pyridine rings is 1. The Kier molecular flexibility index (Phi) is 2.02. The van der Waals surface area contributed by atoms with E-state index < -0.39 is 0 Å². The van der Waals surface area contributed by atoms with Gasteiger partial charge >= 0.3 is 0 Å². The highest BCUT2D eigenvalue weighted by molar-refractivity contribution is 6.06. The third kappa shape index (κ3) is 1.60. The lowest BCUT2D eigenvalue weighted by Gasteiger charge is -2.18. The number of hydrogen-bond acceptors (Lipinski definition) is 1. The highest BCUT2D eigenvalue weighted by atomic mass is 14.7. The number of nitrogens with one attached hydrogen (secondary N) is 1. The third-order valence-electron chi connectivity index (χ3n) is 3.27. The lowest BCUT2D eigenvalue weighted by atomic mass is 9.86. The SMILES string of the molecule is CC(C)(C)c1ccc2[nH]c3ccncc3c2c1. The van der Waals surface area contributed by atoms with Gasteiger partial charge < -0.3 is 4.98 Å². The second-order valence-electron chi connectivity index (χ2n) is 5.56. The van der Waals surface area contributed by atoms with Gasteiger partial charge in [0.25, 0.3) is 0 Å². The van der Waals surface area contributed by atoms with Crippen molar-refractivity contribution in [3.63, 3.8) is 0 Å². The first kappa shape index (κ1) is 10.3. The highest BCUT2D eigenvalue weighted by Gasteiger charge is 2.15. The fourth-order valence-corrected chi connectivity index (χ4v) is 2.21. The van der Waals surface area contributed by atoms with Crippen molar-refractivity contribution in [2.75, 3.05) is 0 Å². The number of H-pyrrole nitrogens is 1. The fourth-order valence-electron chi connectivity index (χ4n) is 2.21. The third-order valence-corrected chi connectivity index (χ3v) is 3.27. The minimum absolute atomic E-state index is 0.181. The van der Waals surface area contributed by atoms with E-state index >= 15 is 0 Å². The van der Waals surface area contributed by atoms with Gasteiger partial charge in [0.05, 0.1) is 0 Å². The summed E-state index contributed by atoms with van der Waals surface area (Å²) < 4.78 is 0. The van der Waals surface area contributed by atoms with Crippen LogP contribution in [0.1, 0.15) is 26.3 Å².